The van der Waals surface area contributed by atoms with Gasteiger partial charge in [0.25, 0.3) is 0 Å². The Morgan fingerprint density at radius 1 is 0.481 bits per heavy atom. The molecule has 0 aromatic carbocycles. The number of hydrogen-bond donors (Lipinski definition) is 12. The van der Waals surface area contributed by atoms with Gasteiger partial charge in [-0.25, -0.2) is 0 Å². The highest BCUT2D eigenvalue weighted by Gasteiger charge is 2.53. The molecule has 444 valence electrons. The van der Waals surface area contributed by atoms with Gasteiger partial charge in [0.15, 0.2) is 18.9 Å². The zero-order valence-electron chi connectivity index (χ0n) is 45.9. The fourth-order valence-corrected chi connectivity index (χ4v) is 9.23. The number of amides is 1. The van der Waals surface area contributed by atoms with Crippen LogP contribution in [0.1, 0.15) is 155 Å². The second-order valence-electron chi connectivity index (χ2n) is 20.3. The maximum atomic E-state index is 13.3. The van der Waals surface area contributed by atoms with Crippen molar-refractivity contribution in [3.63, 3.8) is 0 Å². The van der Waals surface area contributed by atoms with Crippen LogP contribution in [0, 0.1) is 0 Å². The van der Waals surface area contributed by atoms with Gasteiger partial charge in [-0.3, -0.25) is 4.79 Å². The van der Waals surface area contributed by atoms with Crippen LogP contribution in [0.3, 0.4) is 0 Å². The summed E-state index contributed by atoms with van der Waals surface area (Å²) < 4.78 is 34.2. The molecule has 17 unspecified atom stereocenters. The van der Waals surface area contributed by atoms with E-state index in [9.17, 15) is 61.0 Å². The molecule has 19 nitrogen and oxygen atoms in total. The highest BCUT2D eigenvalue weighted by molar-refractivity contribution is 5.76. The molecule has 3 rings (SSSR count). The molecule has 1 amide bonds. The minimum atomic E-state index is -1.99. The third-order valence-electron chi connectivity index (χ3n) is 14.0. The minimum absolute atomic E-state index is 0.208. The molecule has 0 spiro atoms. The van der Waals surface area contributed by atoms with Crippen molar-refractivity contribution in [2.75, 3.05) is 26.4 Å². The first kappa shape index (κ1) is 68.5. The molecular weight excluding hydrogens is 999 g/mol. The van der Waals surface area contributed by atoms with E-state index in [1.165, 1.54) is 44.9 Å². The van der Waals surface area contributed by atoms with Crippen LogP contribution >= 0.6 is 0 Å². The lowest BCUT2D eigenvalue weighted by molar-refractivity contribution is -0.379. The molecule has 0 radical (unpaired) electrons. The van der Waals surface area contributed by atoms with E-state index in [4.69, 9.17) is 28.4 Å². The first-order chi connectivity index (χ1) is 37.3. The van der Waals surface area contributed by atoms with Crippen molar-refractivity contribution in [1.29, 1.82) is 0 Å². The monoisotopic (exact) mass is 1100 g/mol. The molecule has 3 aliphatic rings. The Morgan fingerprint density at radius 2 is 0.909 bits per heavy atom. The molecule has 77 heavy (non-hydrogen) atoms. The van der Waals surface area contributed by atoms with Gasteiger partial charge < -0.3 is 89.9 Å². The number of nitrogens with one attached hydrogen (secondary N) is 1. The number of carbonyl (C=O) groups excluding carboxylic acids is 1. The molecule has 0 aromatic heterocycles. The van der Waals surface area contributed by atoms with Crippen molar-refractivity contribution in [2.24, 2.45) is 0 Å². The van der Waals surface area contributed by atoms with Crippen molar-refractivity contribution in [3.05, 3.63) is 72.9 Å². The van der Waals surface area contributed by atoms with Crippen molar-refractivity contribution < 1.29 is 89.4 Å². The zero-order chi connectivity index (χ0) is 56.2. The Kier molecular flexibility index (Phi) is 36.7. The molecule has 0 aromatic rings. The van der Waals surface area contributed by atoms with Crippen LogP contribution in [-0.2, 0) is 33.2 Å². The van der Waals surface area contributed by atoms with Crippen molar-refractivity contribution in [3.8, 4) is 0 Å². The molecule has 3 fully saturated rings. The average Bonchev–Trinajstić information content (AvgIpc) is 3.43. The highest BCUT2D eigenvalue weighted by Crippen LogP contribution is 2.33. The molecular formula is C58H99NO18. The summed E-state index contributed by atoms with van der Waals surface area (Å²) in [6.07, 6.45) is 20.3. The molecule has 19 heteroatoms. The van der Waals surface area contributed by atoms with E-state index in [1.54, 1.807) is 6.08 Å². The number of unbranched alkanes of at least 4 members (excludes halogenated alkanes) is 14. The quantitative estimate of drug-likeness (QED) is 0.0301. The smallest absolute Gasteiger partial charge is 0.220 e. The van der Waals surface area contributed by atoms with E-state index in [-0.39, 0.29) is 18.9 Å². The SMILES string of the molecule is CC/C=C\C/C=C\C/C=C\CCCCCCCC(=O)NC(COC1OC(CO)C(OC2OC(CO)C(OC3OC(CO)C(O)C(O)C3O)C(O)C2O)C(O)C1O)C(O)/C=C/CC/C=C/CC/C=C/CCCCCCCCC. The first-order valence-electron chi connectivity index (χ1n) is 28.7. The fourth-order valence-electron chi connectivity index (χ4n) is 9.23. The summed E-state index contributed by atoms with van der Waals surface area (Å²) in [6.45, 7) is 1.53. The summed E-state index contributed by atoms with van der Waals surface area (Å²) in [6, 6.07) is -1.01. The van der Waals surface area contributed by atoms with E-state index < -0.39 is 124 Å². The Bertz CT molecular complexity index is 1690. The number of ether oxygens (including phenoxy) is 6. The summed E-state index contributed by atoms with van der Waals surface area (Å²) in [5.41, 5.74) is 0. The van der Waals surface area contributed by atoms with Crippen LogP contribution < -0.4 is 5.32 Å². The second kappa shape index (κ2) is 41.3. The Hall–Kier alpha value is -2.77. The van der Waals surface area contributed by atoms with E-state index in [2.05, 4.69) is 79.9 Å². The fraction of sp³-hybridized carbons (Fsp3) is 0.776. The summed E-state index contributed by atoms with van der Waals surface area (Å²) >= 11 is 0. The molecule has 12 N–H and O–H groups in total. The van der Waals surface area contributed by atoms with Gasteiger partial charge in [-0.05, 0) is 77.0 Å². The largest absolute Gasteiger partial charge is 0.394 e. The second-order valence-corrected chi connectivity index (χ2v) is 20.3. The lowest BCUT2D eigenvalue weighted by Gasteiger charge is -2.48. The lowest BCUT2D eigenvalue weighted by atomic mass is 9.96. The van der Waals surface area contributed by atoms with Crippen LogP contribution in [0.25, 0.3) is 0 Å². The van der Waals surface area contributed by atoms with Crippen LogP contribution in [-0.4, -0.2) is 193 Å². The number of rotatable bonds is 40. The minimum Gasteiger partial charge on any atom is -0.394 e. The molecule has 17 atom stereocenters. The predicted molar refractivity (Wildman–Crippen MR) is 291 cm³/mol. The highest BCUT2D eigenvalue weighted by atomic mass is 16.8. The van der Waals surface area contributed by atoms with Gasteiger partial charge in [0.2, 0.25) is 5.91 Å². The van der Waals surface area contributed by atoms with Gasteiger partial charge in [-0.15, -0.1) is 0 Å². The third kappa shape index (κ3) is 25.7. The summed E-state index contributed by atoms with van der Waals surface area (Å²) in [4.78, 5) is 13.3. The van der Waals surface area contributed by atoms with Gasteiger partial charge in [-0.1, -0.05) is 145 Å². The maximum absolute atomic E-state index is 13.3. The number of aliphatic hydroxyl groups is 11. The summed E-state index contributed by atoms with van der Waals surface area (Å²) in [5, 5.41) is 120. The zero-order valence-corrected chi connectivity index (χ0v) is 45.9. The van der Waals surface area contributed by atoms with Gasteiger partial charge in [0.1, 0.15) is 73.2 Å². The Balaban J connectivity index is 1.55. The Morgan fingerprint density at radius 3 is 1.45 bits per heavy atom. The number of hydrogen-bond acceptors (Lipinski definition) is 18. The van der Waals surface area contributed by atoms with Gasteiger partial charge in [-0.2, -0.15) is 0 Å². The van der Waals surface area contributed by atoms with Crippen molar-refractivity contribution in [1.82, 2.24) is 5.32 Å². The molecule has 0 saturated carbocycles. The van der Waals surface area contributed by atoms with E-state index in [1.807, 2.05) is 6.08 Å². The number of carbonyl (C=O) groups is 1. The van der Waals surface area contributed by atoms with E-state index in [0.717, 1.165) is 77.0 Å². The van der Waals surface area contributed by atoms with Gasteiger partial charge in [0.05, 0.1) is 38.6 Å². The topological polar surface area (TPSA) is 307 Å². The standard InChI is InChI=1S/C58H99NO18/c1-3-5-7-9-11-13-15-17-19-20-22-23-25-27-29-31-33-35-42(63)41(59-46(64)36-34-32-30-28-26-24-21-18-16-14-12-10-8-6-4-2)40-72-56-52(70)49(67)54(44(38-61)74-56)77-58-53(71)50(68)55(45(39-62)75-58)76-57-51(69)48(66)47(65)43(37-60)73-57/h6,8,12,14,18-21,25,27,33,35,41-45,47-58,60-63,65-71H,3-5,7,9-11,13,15-17,22-24,26,28-32,34,36-40H2,1-2H3,(H,59,64)/b8-6-,14-12-,20-19+,21-18-,27-25+,35-33+. The Labute approximate surface area is 458 Å². The summed E-state index contributed by atoms with van der Waals surface area (Å²) in [5.74, 6) is -0.311. The maximum Gasteiger partial charge on any atom is 0.220 e. The number of aliphatic hydroxyl groups excluding tert-OH is 11. The molecule has 3 saturated heterocycles. The van der Waals surface area contributed by atoms with Crippen molar-refractivity contribution >= 4 is 5.91 Å². The lowest BCUT2D eigenvalue weighted by Crippen LogP contribution is -2.66. The predicted octanol–water partition coefficient (Wildman–Crippen LogP) is 4.26. The van der Waals surface area contributed by atoms with Gasteiger partial charge in [0, 0.05) is 6.42 Å². The van der Waals surface area contributed by atoms with E-state index >= 15 is 0 Å². The van der Waals surface area contributed by atoms with Gasteiger partial charge >= 0.3 is 0 Å². The van der Waals surface area contributed by atoms with E-state index in [0.29, 0.717) is 12.8 Å². The van der Waals surface area contributed by atoms with Crippen molar-refractivity contribution in [2.45, 2.75) is 259 Å². The number of allylic oxidation sites excluding steroid dienone is 11. The third-order valence-corrected chi connectivity index (χ3v) is 14.0. The van der Waals surface area contributed by atoms with Crippen LogP contribution in [0.15, 0.2) is 72.9 Å². The van der Waals surface area contributed by atoms with Crippen LogP contribution in [0.5, 0.6) is 0 Å². The normalized spacial score (nSPS) is 31.3. The average molecular weight is 1100 g/mol. The van der Waals surface area contributed by atoms with Crippen LogP contribution in [0.2, 0.25) is 0 Å². The summed E-state index contributed by atoms with van der Waals surface area (Å²) in [7, 11) is 0. The first-order valence-corrected chi connectivity index (χ1v) is 28.7. The molecule has 3 aliphatic heterocycles. The molecule has 3 heterocycles. The molecule has 0 bridgehead atoms. The van der Waals surface area contributed by atoms with Crippen LogP contribution in [0.4, 0.5) is 0 Å². The molecule has 0 aliphatic carbocycles.